The van der Waals surface area contributed by atoms with Crippen LogP contribution in [-0.2, 0) is 0 Å². The van der Waals surface area contributed by atoms with Crippen LogP contribution in [0.25, 0.3) is 0 Å². The van der Waals surface area contributed by atoms with Crippen molar-refractivity contribution in [3.05, 3.63) is 0 Å². The highest BCUT2D eigenvalue weighted by Gasteiger charge is 2.39. The van der Waals surface area contributed by atoms with E-state index in [4.69, 9.17) is 0 Å². The molecule has 4 heteroatoms. The summed E-state index contributed by atoms with van der Waals surface area (Å²) in [5.41, 5.74) is -0.488. The van der Waals surface area contributed by atoms with Crippen molar-refractivity contribution in [1.29, 1.82) is 0 Å². The summed E-state index contributed by atoms with van der Waals surface area (Å²) in [5, 5.41) is 22.5. The van der Waals surface area contributed by atoms with Crippen LogP contribution in [0.15, 0.2) is 0 Å². The number of nitrogens with one attached hydrogen (secondary N) is 1. The second-order valence-corrected chi connectivity index (χ2v) is 5.59. The molecule has 4 nitrogen and oxygen atoms in total. The van der Waals surface area contributed by atoms with Crippen LogP contribution in [0.3, 0.4) is 0 Å². The smallest absolute Gasteiger partial charge is 0.0648 e. The maximum atomic E-state index is 9.50. The maximum Gasteiger partial charge on any atom is 0.0648 e. The van der Waals surface area contributed by atoms with Crippen molar-refractivity contribution in [3.63, 3.8) is 0 Å². The molecule has 0 saturated carbocycles. The number of fused-ring (bicyclic) bond motifs is 1. The van der Waals surface area contributed by atoms with Gasteiger partial charge in [-0.1, -0.05) is 13.3 Å². The number of hydrogen-bond donors (Lipinski definition) is 3. The number of hydrogen-bond acceptors (Lipinski definition) is 4. The Morgan fingerprint density at radius 2 is 1.94 bits per heavy atom. The van der Waals surface area contributed by atoms with Gasteiger partial charge in [0.1, 0.15) is 0 Å². The van der Waals surface area contributed by atoms with Gasteiger partial charge in [-0.2, -0.15) is 0 Å². The quantitative estimate of drug-likeness (QED) is 0.650. The molecule has 2 fully saturated rings. The summed E-state index contributed by atoms with van der Waals surface area (Å²) in [6.07, 6.45) is 5.81. The van der Waals surface area contributed by atoms with Crippen LogP contribution in [-0.4, -0.2) is 59.0 Å². The molecule has 2 aliphatic heterocycles. The van der Waals surface area contributed by atoms with Gasteiger partial charge in [0, 0.05) is 18.6 Å². The SMILES string of the molecule is CCC(CO)(CO)NC1CCN2CCCCC12. The van der Waals surface area contributed by atoms with Crippen molar-refractivity contribution < 1.29 is 10.2 Å². The van der Waals surface area contributed by atoms with Gasteiger partial charge in [0.25, 0.3) is 0 Å². The van der Waals surface area contributed by atoms with Crippen molar-refractivity contribution in [2.75, 3.05) is 26.3 Å². The maximum absolute atomic E-state index is 9.50. The molecule has 100 valence electrons. The Balaban J connectivity index is 1.98. The summed E-state index contributed by atoms with van der Waals surface area (Å²) < 4.78 is 0. The molecule has 2 atom stereocenters. The number of aliphatic hydroxyl groups excluding tert-OH is 2. The largest absolute Gasteiger partial charge is 0.394 e. The van der Waals surface area contributed by atoms with Crippen LogP contribution >= 0.6 is 0 Å². The fraction of sp³-hybridized carbons (Fsp3) is 1.00. The number of piperidine rings is 1. The van der Waals surface area contributed by atoms with E-state index in [9.17, 15) is 10.2 Å². The Morgan fingerprint density at radius 1 is 1.18 bits per heavy atom. The molecule has 17 heavy (non-hydrogen) atoms. The minimum Gasteiger partial charge on any atom is -0.394 e. The van der Waals surface area contributed by atoms with Crippen LogP contribution in [0.4, 0.5) is 0 Å². The van der Waals surface area contributed by atoms with Crippen molar-refractivity contribution in [2.24, 2.45) is 0 Å². The molecule has 0 spiro atoms. The molecular formula is C13H26N2O2. The summed E-state index contributed by atoms with van der Waals surface area (Å²) in [5.74, 6) is 0. The summed E-state index contributed by atoms with van der Waals surface area (Å²) in [6, 6.07) is 1.06. The predicted octanol–water partition coefficient (Wildman–Crippen LogP) is 0.336. The van der Waals surface area contributed by atoms with Gasteiger partial charge < -0.3 is 15.5 Å². The third-order valence-electron chi connectivity index (χ3n) is 4.63. The van der Waals surface area contributed by atoms with Crippen LogP contribution in [0.1, 0.15) is 39.0 Å². The molecule has 2 saturated heterocycles. The second-order valence-electron chi connectivity index (χ2n) is 5.59. The minimum atomic E-state index is -0.488. The lowest BCUT2D eigenvalue weighted by Gasteiger charge is -2.38. The van der Waals surface area contributed by atoms with E-state index in [1.54, 1.807) is 0 Å². The molecular weight excluding hydrogens is 216 g/mol. The van der Waals surface area contributed by atoms with Gasteiger partial charge >= 0.3 is 0 Å². The Bertz CT molecular complexity index is 235. The molecule has 2 aliphatic rings. The van der Waals surface area contributed by atoms with Crippen LogP contribution in [0.2, 0.25) is 0 Å². The molecule has 0 radical (unpaired) electrons. The number of rotatable bonds is 5. The van der Waals surface area contributed by atoms with Crippen molar-refractivity contribution in [1.82, 2.24) is 10.2 Å². The van der Waals surface area contributed by atoms with Gasteiger partial charge in [-0.15, -0.1) is 0 Å². The Kier molecular flexibility index (Phi) is 4.42. The highest BCUT2D eigenvalue weighted by Crippen LogP contribution is 2.28. The number of nitrogens with zero attached hydrogens (tertiary/aromatic N) is 1. The summed E-state index contributed by atoms with van der Waals surface area (Å²) in [7, 11) is 0. The normalized spacial score (nSPS) is 30.5. The average molecular weight is 242 g/mol. The molecule has 0 aromatic carbocycles. The lowest BCUT2D eigenvalue weighted by atomic mass is 9.93. The second kappa shape index (κ2) is 5.65. The van der Waals surface area contributed by atoms with E-state index in [1.807, 2.05) is 6.92 Å². The summed E-state index contributed by atoms with van der Waals surface area (Å²) >= 11 is 0. The highest BCUT2D eigenvalue weighted by molar-refractivity contribution is 4.99. The van der Waals surface area contributed by atoms with Crippen molar-refractivity contribution in [2.45, 2.75) is 56.7 Å². The van der Waals surface area contributed by atoms with Crippen LogP contribution in [0, 0.1) is 0 Å². The fourth-order valence-electron chi connectivity index (χ4n) is 3.28. The van der Waals surface area contributed by atoms with E-state index < -0.39 is 5.54 Å². The van der Waals surface area contributed by atoms with Gasteiger partial charge in [-0.05, 0) is 32.2 Å². The zero-order valence-corrected chi connectivity index (χ0v) is 10.9. The molecule has 3 N–H and O–H groups in total. The van der Waals surface area contributed by atoms with Gasteiger partial charge in [-0.3, -0.25) is 4.90 Å². The Morgan fingerprint density at radius 3 is 2.59 bits per heavy atom. The molecule has 0 amide bonds. The van der Waals surface area contributed by atoms with E-state index in [0.29, 0.717) is 12.1 Å². The van der Waals surface area contributed by atoms with E-state index in [0.717, 1.165) is 12.8 Å². The molecule has 2 rings (SSSR count). The third kappa shape index (κ3) is 2.65. The molecule has 0 aliphatic carbocycles. The lowest BCUT2D eigenvalue weighted by Crippen LogP contribution is -2.58. The molecule has 0 aromatic heterocycles. The van der Waals surface area contributed by atoms with E-state index >= 15 is 0 Å². The molecule has 0 bridgehead atoms. The molecule has 2 unspecified atom stereocenters. The monoisotopic (exact) mass is 242 g/mol. The van der Waals surface area contributed by atoms with E-state index in [-0.39, 0.29) is 13.2 Å². The van der Waals surface area contributed by atoms with Gasteiger partial charge in [0.2, 0.25) is 0 Å². The molecule has 2 heterocycles. The van der Waals surface area contributed by atoms with Gasteiger partial charge in [-0.25, -0.2) is 0 Å². The minimum absolute atomic E-state index is 0.0171. The predicted molar refractivity (Wildman–Crippen MR) is 67.9 cm³/mol. The van der Waals surface area contributed by atoms with Gasteiger partial charge in [0.15, 0.2) is 0 Å². The van der Waals surface area contributed by atoms with Gasteiger partial charge in [0.05, 0.1) is 18.8 Å². The first-order valence-corrected chi connectivity index (χ1v) is 6.98. The summed E-state index contributed by atoms with van der Waals surface area (Å²) in [6.45, 7) is 4.44. The van der Waals surface area contributed by atoms with E-state index in [2.05, 4.69) is 10.2 Å². The topological polar surface area (TPSA) is 55.7 Å². The zero-order chi connectivity index (χ0) is 12.3. The zero-order valence-electron chi connectivity index (χ0n) is 10.9. The van der Waals surface area contributed by atoms with Crippen LogP contribution in [0.5, 0.6) is 0 Å². The van der Waals surface area contributed by atoms with Crippen LogP contribution < -0.4 is 5.32 Å². The first-order valence-electron chi connectivity index (χ1n) is 6.98. The standard InChI is InChI=1S/C13H26N2O2/c1-2-13(9-16,10-17)14-11-6-8-15-7-4-3-5-12(11)15/h11-12,14,16-17H,2-10H2,1H3. The Labute approximate surface area is 104 Å². The highest BCUT2D eigenvalue weighted by atomic mass is 16.3. The summed E-state index contributed by atoms with van der Waals surface area (Å²) in [4.78, 5) is 2.57. The average Bonchev–Trinajstić information content (AvgIpc) is 2.79. The number of aliphatic hydroxyl groups is 2. The first-order chi connectivity index (χ1) is 8.24. The first kappa shape index (κ1) is 13.3. The van der Waals surface area contributed by atoms with Crippen molar-refractivity contribution in [3.8, 4) is 0 Å². The van der Waals surface area contributed by atoms with E-state index in [1.165, 1.54) is 32.4 Å². The fourth-order valence-corrected chi connectivity index (χ4v) is 3.28. The molecule has 0 aromatic rings. The lowest BCUT2D eigenvalue weighted by molar-refractivity contribution is 0.0677. The van der Waals surface area contributed by atoms with Crippen molar-refractivity contribution >= 4 is 0 Å². The third-order valence-corrected chi connectivity index (χ3v) is 4.63. The Hall–Kier alpha value is -0.160.